The van der Waals surface area contributed by atoms with E-state index >= 15 is 0 Å². The van der Waals surface area contributed by atoms with Crippen molar-refractivity contribution in [2.24, 2.45) is 0 Å². The Hall–Kier alpha value is -7.57. The van der Waals surface area contributed by atoms with Crippen LogP contribution in [0.1, 0.15) is 76.3 Å². The third-order valence-electron chi connectivity index (χ3n) is 14.4. The number of ether oxygens (including phenoxy) is 1. The topological polar surface area (TPSA) is 36.8 Å². The summed E-state index contributed by atoms with van der Waals surface area (Å²) in [6, 6.07) is 59.3. The van der Waals surface area contributed by atoms with Gasteiger partial charge in [0.25, 0.3) is 0 Å². The SMILES string of the molecule is CC(C)(C)c1ccnc(-n2c3ccc(-c4ccccc4)cc3c3ccc(Oc4cccc(N5C=CN(c6cc7c8c(c6)C(C)(C)c6ccccc6N8c6ccccc6C7(C)C)C5)c4)cc32)c1. The first kappa shape index (κ1) is 40.0. The minimum Gasteiger partial charge on any atom is -0.457 e. The van der Waals surface area contributed by atoms with Crippen molar-refractivity contribution in [3.63, 3.8) is 0 Å². The van der Waals surface area contributed by atoms with Gasteiger partial charge in [0.2, 0.25) is 0 Å². The Bertz CT molecular complexity index is 3360. The largest absolute Gasteiger partial charge is 0.457 e. The van der Waals surface area contributed by atoms with E-state index in [4.69, 9.17) is 9.72 Å². The van der Waals surface area contributed by atoms with Gasteiger partial charge in [-0.2, -0.15) is 0 Å². The third kappa shape index (κ3) is 6.18. The number of rotatable bonds is 6. The first-order valence-corrected chi connectivity index (χ1v) is 23.1. The van der Waals surface area contributed by atoms with Crippen LogP contribution in [-0.2, 0) is 16.2 Å². The van der Waals surface area contributed by atoms with Crippen LogP contribution >= 0.6 is 0 Å². The molecule has 12 rings (SSSR count). The van der Waals surface area contributed by atoms with E-state index in [9.17, 15) is 0 Å². The van der Waals surface area contributed by atoms with Gasteiger partial charge in [0.05, 0.1) is 34.8 Å². The van der Waals surface area contributed by atoms with Gasteiger partial charge >= 0.3 is 0 Å². The third-order valence-corrected chi connectivity index (χ3v) is 14.4. The summed E-state index contributed by atoms with van der Waals surface area (Å²) < 4.78 is 9.05. The molecule has 0 saturated heterocycles. The van der Waals surface area contributed by atoms with Crippen molar-refractivity contribution in [1.82, 2.24) is 9.55 Å². The van der Waals surface area contributed by atoms with Gasteiger partial charge in [0.15, 0.2) is 0 Å². The Morgan fingerprint density at radius 1 is 0.515 bits per heavy atom. The summed E-state index contributed by atoms with van der Waals surface area (Å²) in [7, 11) is 0. The monoisotopic (exact) mass is 859 g/mol. The molecule has 9 aromatic rings. The number of hydrogen-bond donors (Lipinski definition) is 0. The van der Waals surface area contributed by atoms with Crippen LogP contribution in [0, 0.1) is 0 Å². The highest BCUT2D eigenvalue weighted by Gasteiger charge is 2.46. The molecule has 3 aliphatic heterocycles. The van der Waals surface area contributed by atoms with Gasteiger partial charge in [-0.05, 0) is 117 Å². The predicted octanol–water partition coefficient (Wildman–Crippen LogP) is 15.4. The van der Waals surface area contributed by atoms with E-state index in [1.54, 1.807) is 0 Å². The number of hydrogen-bond acceptors (Lipinski definition) is 5. The smallest absolute Gasteiger partial charge is 0.137 e. The van der Waals surface area contributed by atoms with Crippen molar-refractivity contribution >= 4 is 50.2 Å². The van der Waals surface area contributed by atoms with E-state index in [1.807, 2.05) is 12.3 Å². The molecular weight excluding hydrogens is 807 g/mol. The molecule has 5 heterocycles. The summed E-state index contributed by atoms with van der Waals surface area (Å²) in [6.07, 6.45) is 6.33. The van der Waals surface area contributed by atoms with Crippen LogP contribution in [0.15, 0.2) is 182 Å². The van der Waals surface area contributed by atoms with E-state index in [2.05, 4.69) is 238 Å². The second-order valence-corrected chi connectivity index (χ2v) is 20.3. The molecule has 0 fully saturated rings. The van der Waals surface area contributed by atoms with Crippen molar-refractivity contribution in [1.29, 1.82) is 0 Å². The molecule has 0 radical (unpaired) electrons. The van der Waals surface area contributed by atoms with Gasteiger partial charge < -0.3 is 19.4 Å². The number of aromatic nitrogens is 2. The van der Waals surface area contributed by atoms with Crippen molar-refractivity contribution in [3.05, 3.63) is 210 Å². The molecular formula is C60H53N5O. The quantitative estimate of drug-likeness (QED) is 0.166. The van der Waals surface area contributed by atoms with Crippen molar-refractivity contribution in [2.45, 2.75) is 64.7 Å². The maximum absolute atomic E-state index is 6.77. The fourth-order valence-corrected chi connectivity index (χ4v) is 10.8. The molecule has 0 unspecified atom stereocenters. The van der Waals surface area contributed by atoms with E-state index in [0.717, 1.165) is 39.4 Å². The van der Waals surface area contributed by atoms with Crippen LogP contribution in [0.5, 0.6) is 11.5 Å². The molecule has 7 aromatic carbocycles. The van der Waals surface area contributed by atoms with Crippen molar-refractivity contribution in [3.8, 4) is 28.4 Å². The highest BCUT2D eigenvalue weighted by atomic mass is 16.5. The lowest BCUT2D eigenvalue weighted by Crippen LogP contribution is -2.38. The summed E-state index contributed by atoms with van der Waals surface area (Å²) in [4.78, 5) is 12.1. The summed E-state index contributed by atoms with van der Waals surface area (Å²) in [5.74, 6) is 2.43. The number of pyridine rings is 1. The second kappa shape index (κ2) is 14.5. The minimum atomic E-state index is -0.195. The fraction of sp³-hybridized carbons (Fsp3) is 0.183. The van der Waals surface area contributed by atoms with E-state index < -0.39 is 0 Å². The van der Waals surface area contributed by atoms with Gasteiger partial charge in [-0.15, -0.1) is 0 Å². The van der Waals surface area contributed by atoms with Crippen molar-refractivity contribution < 1.29 is 4.74 Å². The molecule has 6 nitrogen and oxygen atoms in total. The summed E-state index contributed by atoms with van der Waals surface area (Å²) in [6.45, 7) is 17.0. The fourth-order valence-electron chi connectivity index (χ4n) is 10.8. The molecule has 324 valence electrons. The number of benzene rings is 7. The Morgan fingerprint density at radius 3 is 1.86 bits per heavy atom. The lowest BCUT2D eigenvalue weighted by Gasteiger charge is -2.49. The molecule has 0 N–H and O–H groups in total. The molecule has 6 heteroatoms. The maximum atomic E-state index is 6.77. The Morgan fingerprint density at radius 2 is 1.17 bits per heavy atom. The number of fused-ring (bicyclic) bond motifs is 7. The molecule has 2 aromatic heterocycles. The van der Waals surface area contributed by atoms with E-state index in [0.29, 0.717) is 6.67 Å². The zero-order chi connectivity index (χ0) is 45.1. The summed E-state index contributed by atoms with van der Waals surface area (Å²) >= 11 is 0. The van der Waals surface area contributed by atoms with Gasteiger partial charge in [-0.3, -0.25) is 4.57 Å². The van der Waals surface area contributed by atoms with Gasteiger partial charge in [-0.25, -0.2) is 4.98 Å². The predicted molar refractivity (Wildman–Crippen MR) is 274 cm³/mol. The second-order valence-electron chi connectivity index (χ2n) is 20.3. The van der Waals surface area contributed by atoms with Crippen molar-refractivity contribution in [2.75, 3.05) is 21.4 Å². The van der Waals surface area contributed by atoms with E-state index in [-0.39, 0.29) is 16.2 Å². The van der Waals surface area contributed by atoms with E-state index in [1.165, 1.54) is 67.1 Å². The Labute approximate surface area is 387 Å². The van der Waals surface area contributed by atoms with Crippen LogP contribution in [-0.4, -0.2) is 16.2 Å². The summed E-state index contributed by atoms with van der Waals surface area (Å²) in [5, 5.41) is 2.33. The molecule has 0 aliphatic carbocycles. The number of nitrogens with zero attached hydrogens (tertiary/aromatic N) is 5. The van der Waals surface area contributed by atoms with Crippen LogP contribution in [0.2, 0.25) is 0 Å². The molecule has 3 aliphatic rings. The number of para-hydroxylation sites is 2. The molecule has 0 amide bonds. The molecule has 0 atom stereocenters. The molecule has 0 bridgehead atoms. The zero-order valence-corrected chi connectivity index (χ0v) is 38.7. The first-order valence-electron chi connectivity index (χ1n) is 23.1. The first-order chi connectivity index (χ1) is 31.8. The highest BCUT2D eigenvalue weighted by Crippen LogP contribution is 2.60. The standard InChI is InChI=1S/C60H53N5O/c1-58(2,3)41-28-29-61-56(33-41)64-52-27-24-40(39-16-9-8-10-17-39)32-47(52)46-26-25-45(37-55(46)64)66-44-19-15-18-42(34-44)62-30-31-63(38-62)43-35-50-57-51(36-43)60(6,7)49-21-12-14-23-54(49)65(57)53-22-13-11-20-48(53)59(50,4)5/h8-37H,38H2,1-7H3. The molecule has 0 spiro atoms. The van der Waals surface area contributed by atoms with Crippen LogP contribution in [0.3, 0.4) is 0 Å². The average molecular weight is 860 g/mol. The Balaban J connectivity index is 0.878. The summed E-state index contributed by atoms with van der Waals surface area (Å²) in [5.41, 5.74) is 16.8. The van der Waals surface area contributed by atoms with Gasteiger partial charge in [0, 0.05) is 63.7 Å². The Kier molecular flexibility index (Phi) is 8.76. The van der Waals surface area contributed by atoms with Gasteiger partial charge in [0.1, 0.15) is 17.3 Å². The average Bonchev–Trinajstić information content (AvgIpc) is 3.95. The van der Waals surface area contributed by atoms with Gasteiger partial charge in [-0.1, -0.05) is 127 Å². The lowest BCUT2D eigenvalue weighted by atomic mass is 9.66. The maximum Gasteiger partial charge on any atom is 0.137 e. The van der Waals surface area contributed by atoms with Crippen LogP contribution in [0.4, 0.5) is 28.4 Å². The lowest BCUT2D eigenvalue weighted by molar-refractivity contribution is 0.483. The number of anilines is 5. The van der Waals surface area contributed by atoms with Crippen LogP contribution in [0.25, 0.3) is 38.8 Å². The normalized spacial score (nSPS) is 15.5. The zero-order valence-electron chi connectivity index (χ0n) is 38.7. The molecule has 0 saturated carbocycles. The van der Waals surface area contributed by atoms with Crippen LogP contribution < -0.4 is 19.4 Å². The molecule has 66 heavy (non-hydrogen) atoms. The highest BCUT2D eigenvalue weighted by molar-refractivity contribution is 6.10. The minimum absolute atomic E-state index is 0.0239.